The van der Waals surface area contributed by atoms with Gasteiger partial charge in [0.1, 0.15) is 0 Å². The number of hydrogen-bond acceptors (Lipinski definition) is 11. The number of nitrogens with zero attached hydrogens (tertiary/aromatic N) is 6. The van der Waals surface area contributed by atoms with E-state index < -0.39 is 42.7 Å². The molecule has 4 spiro atoms. The summed E-state index contributed by atoms with van der Waals surface area (Å²) in [6, 6.07) is 76.2. The van der Waals surface area contributed by atoms with Crippen LogP contribution in [0.25, 0.3) is 4.85 Å². The second kappa shape index (κ2) is 40.3. The van der Waals surface area contributed by atoms with E-state index in [1.807, 2.05) is 38.1 Å². The molecule has 103 heavy (non-hydrogen) atoms. The van der Waals surface area contributed by atoms with Crippen molar-refractivity contribution >= 4 is 112 Å². The molecular weight excluding hydrogens is 1580 g/mol. The number of amides is 2. The summed E-state index contributed by atoms with van der Waals surface area (Å²) in [4.78, 5) is 44.7. The molecule has 4 N–H and O–H groups in total. The monoisotopic (exact) mass is 1670 g/mol. The molecule has 14 rings (SSSR count). The molecule has 14 nitrogen and oxygen atoms in total. The first kappa shape index (κ1) is 82.2. The first-order chi connectivity index (χ1) is 49.9. The Kier molecular flexibility index (Phi) is 32.1. The molecule has 2 saturated carbocycles. The molecule has 2 aliphatic heterocycles. The van der Waals surface area contributed by atoms with Crippen LogP contribution in [0.3, 0.4) is 0 Å². The van der Waals surface area contributed by atoms with Crippen LogP contribution in [0, 0.1) is 36.4 Å². The summed E-state index contributed by atoms with van der Waals surface area (Å²) >= 11 is 1.80. The van der Waals surface area contributed by atoms with Gasteiger partial charge in [-0.25, -0.2) is 14.8 Å². The number of carbonyl (C=O) groups is 2. The molecule has 4 aliphatic carbocycles. The first-order valence-electron chi connectivity index (χ1n) is 33.9. The topological polar surface area (TPSA) is 182 Å². The van der Waals surface area contributed by atoms with E-state index in [1.54, 1.807) is 45.4 Å². The van der Waals surface area contributed by atoms with Crippen LogP contribution in [0.2, 0.25) is 0 Å². The minimum absolute atomic E-state index is 0. The average Bonchev–Trinajstić information content (AvgIpc) is 1.53. The summed E-state index contributed by atoms with van der Waals surface area (Å²) in [5, 5.41) is 14.6. The maximum atomic E-state index is 14.0. The number of nitrogens with two attached hydrogens (primary N) is 2. The van der Waals surface area contributed by atoms with Gasteiger partial charge in [-0.05, 0) is 160 Å². The van der Waals surface area contributed by atoms with E-state index in [2.05, 4.69) is 215 Å². The largest absolute Gasteiger partial charge is 1.00 e. The van der Waals surface area contributed by atoms with E-state index in [-0.39, 0.29) is 70.0 Å². The van der Waals surface area contributed by atoms with Crippen molar-refractivity contribution in [2.45, 2.75) is 113 Å². The van der Waals surface area contributed by atoms with Gasteiger partial charge in [0.2, 0.25) is 0 Å². The minimum Gasteiger partial charge on any atom is -0.512 e. The molecule has 22 heteroatoms. The fourth-order valence-corrected chi connectivity index (χ4v) is 20.5. The Labute approximate surface area is 646 Å². The van der Waals surface area contributed by atoms with Crippen LogP contribution in [0.4, 0.5) is 10.1 Å². The fourth-order valence-electron chi connectivity index (χ4n) is 15.5. The minimum atomic E-state index is -1.79. The van der Waals surface area contributed by atoms with Gasteiger partial charge in [0.25, 0.3) is 11.8 Å². The summed E-state index contributed by atoms with van der Waals surface area (Å²) in [5.74, 6) is 0.447. The van der Waals surface area contributed by atoms with Crippen molar-refractivity contribution < 1.29 is 65.8 Å². The standard InChI is InChI=1S/C22H28N4O3.C21H28BrN3O3.2C18H15P.CH2F.CN.2ClH.Cu.Pd.H/c1-14(13-28-3)26-19(27)22(25-20(26)23)18-11-16(24-2)6-5-15(18)12-21(22)9-7-17(29-4)8-10-21;1-13(12-27-2)25-18(26)21(24-19(25)23)17-10-15(22)5-4-14(17)11-20(21)8-6-16(28-3)7-9-20;2*1-4-10-16(11-5-1)19(17-12-6-2-7-13-17)18-14-8-3-9-15-18;2*1-2;;;;;/h5-6,11,14,17H,7-10,12-13H2,1,3-4H3,(H2,23,25);4-5,10,13,16H,6-9,11-12H2,1-3H3,(H2,23,24);2*1-15H;1H2;;2*1H;;;/q;;;;2*-1;;;+1;+2;/p-2/i;;;;;;;;;;1+1. The van der Waals surface area contributed by atoms with Crippen molar-refractivity contribution in [3.63, 3.8) is 0 Å². The van der Waals surface area contributed by atoms with Crippen molar-refractivity contribution in [2.24, 2.45) is 32.3 Å². The molecule has 2 fully saturated rings. The molecule has 0 bridgehead atoms. The van der Waals surface area contributed by atoms with Crippen LogP contribution in [-0.4, -0.2) is 100 Å². The predicted octanol–water partition coefficient (Wildman–Crippen LogP) is 14.6. The third-order valence-electron chi connectivity index (χ3n) is 20.0. The zero-order valence-corrected chi connectivity index (χ0v) is 66.0. The zero-order chi connectivity index (χ0) is 74.3. The number of rotatable bonds is 14. The third kappa shape index (κ3) is 18.3. The molecule has 0 aromatic heterocycles. The Morgan fingerprint density at radius 3 is 1.13 bits per heavy atom. The second-order valence-electron chi connectivity index (χ2n) is 25.6. The number of fused-ring (bicyclic) bond motifs is 6. The van der Waals surface area contributed by atoms with Gasteiger partial charge in [-0.1, -0.05) is 222 Å². The number of benzene rings is 8. The van der Waals surface area contributed by atoms with Gasteiger partial charge in [0, 0.05) is 43.7 Å². The predicted molar refractivity (Wildman–Crippen MR) is 415 cm³/mol. The molecule has 0 saturated heterocycles. The number of halogens is 4. The van der Waals surface area contributed by atoms with Gasteiger partial charge in [0.15, 0.2) is 28.7 Å². The maximum absolute atomic E-state index is 14.0. The molecule has 549 valence electrons. The smallest absolute Gasteiger partial charge is 0.512 e. The van der Waals surface area contributed by atoms with Gasteiger partial charge in [-0.3, -0.25) is 19.4 Å². The fraction of sp³-hybridized carbons (Fsp3) is 0.321. The number of ether oxygens (including phenoxy) is 4. The molecule has 4 atom stereocenters. The summed E-state index contributed by atoms with van der Waals surface area (Å²) in [6.45, 7) is 16.9. The molecule has 6 aliphatic rings. The Bertz CT molecular complexity index is 3850. The van der Waals surface area contributed by atoms with E-state index >= 15 is 0 Å². The van der Waals surface area contributed by atoms with Crippen LogP contribution >= 0.6 is 50.8 Å². The summed E-state index contributed by atoms with van der Waals surface area (Å²) < 4.78 is 38.2. The van der Waals surface area contributed by atoms with Gasteiger partial charge >= 0.3 is 52.7 Å². The molecule has 2 heterocycles. The van der Waals surface area contributed by atoms with Crippen LogP contribution in [0.15, 0.2) is 233 Å². The molecule has 8 aromatic carbocycles. The van der Waals surface area contributed by atoms with Crippen molar-refractivity contribution in [1.29, 1.82) is 6.04 Å². The maximum Gasteiger partial charge on any atom is 1.00 e. The number of hydrogen-bond donors (Lipinski definition) is 2. The van der Waals surface area contributed by atoms with E-state index in [0.717, 1.165) is 85.4 Å². The second-order valence-corrected chi connectivity index (χ2v) is 33.3. The number of aliphatic imine (C=N–C) groups is 2. The molecular formula is C81H89BrCl2CuFN8O6P2Pd-. The van der Waals surface area contributed by atoms with Crippen LogP contribution < -0.4 is 43.3 Å². The van der Waals surface area contributed by atoms with Gasteiger partial charge in [-0.2, -0.15) is 7.18 Å². The van der Waals surface area contributed by atoms with Crippen molar-refractivity contribution in [3.8, 4) is 0 Å². The molecule has 2 amide bonds. The van der Waals surface area contributed by atoms with Crippen LogP contribution in [0.5, 0.6) is 0 Å². The normalized spacial score (nSPS) is 22.3. The van der Waals surface area contributed by atoms with Crippen molar-refractivity contribution in [2.75, 3.05) is 41.7 Å². The van der Waals surface area contributed by atoms with Crippen LogP contribution in [-0.2, 0) is 85.3 Å². The average molecular weight is 1670 g/mol. The van der Waals surface area contributed by atoms with E-state index in [4.69, 9.17) is 78.6 Å². The number of methoxy groups -OCH3 is 4. The van der Waals surface area contributed by atoms with Crippen molar-refractivity contribution in [1.82, 2.24) is 9.80 Å². The van der Waals surface area contributed by atoms with Gasteiger partial charge in [0.05, 0.1) is 44.1 Å². The summed E-state index contributed by atoms with van der Waals surface area (Å²) in [7, 11) is 17.3. The van der Waals surface area contributed by atoms with Crippen LogP contribution in [0.1, 0.15) is 87.5 Å². The third-order valence-corrected chi connectivity index (χ3v) is 25.4. The van der Waals surface area contributed by atoms with E-state index in [1.165, 1.54) is 37.4 Å². The summed E-state index contributed by atoms with van der Waals surface area (Å²) in [6.07, 6.45) is 9.18. The molecule has 0 radical (unpaired) electrons. The SMILES string of the molecule is COCC(C)N1C(=O)C2(N=C1N)c1cc(Br)ccc1CC21CCC(OC)CC1.[2H][Pd]([Cl])[Cl].[C-]#N.[C-]#[N+]c1ccc2c(c1)C1(N=C(N)N(C(C)COC)C1=O)C1(CCC(OC)CC1)C2.[CH2-]F.[Cu+].c1ccc(P(c2ccccc2)c2ccccc2)cc1.c1ccc(P(c2ccccc2)c2ccccc2)cc1. The van der Waals surface area contributed by atoms with Gasteiger partial charge in [-0.15, -0.1) is 0 Å². The first-order valence-corrected chi connectivity index (χ1v) is 41.0. The van der Waals surface area contributed by atoms with E-state index in [9.17, 15) is 14.0 Å². The summed E-state index contributed by atoms with van der Waals surface area (Å²) in [5.41, 5.74) is 14.8. The van der Waals surface area contributed by atoms with Crippen molar-refractivity contribution in [3.05, 3.63) is 270 Å². The number of carbonyl (C=O) groups excluding carboxylic acids is 2. The molecule has 4 unspecified atom stereocenters. The Hall–Kier alpha value is -6.51. The Morgan fingerprint density at radius 1 is 0.573 bits per heavy atom. The van der Waals surface area contributed by atoms with E-state index in [0.29, 0.717) is 24.9 Å². The quantitative estimate of drug-likeness (QED) is 0.0608. The number of guanidine groups is 2. The Morgan fingerprint density at radius 2 is 0.854 bits per heavy atom. The Balaban J connectivity index is 0.000000190. The molecule has 8 aromatic rings. The van der Waals surface area contributed by atoms with Gasteiger partial charge < -0.3 is 46.6 Å². The zero-order valence-electron chi connectivity index (χ0n) is 59.6.